The Morgan fingerprint density at radius 1 is 1.35 bits per heavy atom. The Kier molecular flexibility index (Phi) is 4.14. The third kappa shape index (κ3) is 2.43. The van der Waals surface area contributed by atoms with Crippen LogP contribution in [-0.4, -0.2) is 13.2 Å². The molecule has 0 spiro atoms. The molecule has 0 amide bonds. The number of halogens is 3. The van der Waals surface area contributed by atoms with Crippen molar-refractivity contribution in [3.8, 4) is 5.75 Å². The van der Waals surface area contributed by atoms with Crippen molar-refractivity contribution < 1.29 is 22.7 Å². The lowest BCUT2D eigenvalue weighted by Crippen LogP contribution is -2.21. The van der Waals surface area contributed by atoms with Gasteiger partial charge in [-0.1, -0.05) is 12.8 Å². The maximum atomic E-state index is 13.9. The molecule has 1 aromatic carbocycles. The molecule has 0 bridgehead atoms. The van der Waals surface area contributed by atoms with E-state index in [1.807, 2.05) is 0 Å². The van der Waals surface area contributed by atoms with Crippen molar-refractivity contribution in [2.45, 2.75) is 37.6 Å². The Hall–Kier alpha value is -1.81. The average molecular weight is 285 g/mol. The largest absolute Gasteiger partial charge is 0.493 e. The van der Waals surface area contributed by atoms with Gasteiger partial charge in [0, 0.05) is 11.1 Å². The SMILES string of the molecule is COc1c(F)cc(C(F)F)cc1C1(N=C=O)CCCC1. The Bertz CT molecular complexity index is 548. The zero-order valence-electron chi connectivity index (χ0n) is 11.0. The molecule has 1 aliphatic rings. The second-order valence-corrected chi connectivity index (χ2v) is 4.83. The predicted molar refractivity (Wildman–Crippen MR) is 66.2 cm³/mol. The summed E-state index contributed by atoms with van der Waals surface area (Å²) >= 11 is 0. The van der Waals surface area contributed by atoms with E-state index >= 15 is 0 Å². The predicted octanol–water partition coefficient (Wildman–Crippen LogP) is 3.88. The van der Waals surface area contributed by atoms with E-state index in [0.29, 0.717) is 12.8 Å². The maximum Gasteiger partial charge on any atom is 0.263 e. The van der Waals surface area contributed by atoms with Crippen molar-refractivity contribution >= 4 is 6.08 Å². The quantitative estimate of drug-likeness (QED) is 0.622. The van der Waals surface area contributed by atoms with Crippen LogP contribution in [0.4, 0.5) is 13.2 Å². The van der Waals surface area contributed by atoms with Crippen LogP contribution in [0.2, 0.25) is 0 Å². The summed E-state index contributed by atoms with van der Waals surface area (Å²) in [5.74, 6) is -0.997. The lowest BCUT2D eigenvalue weighted by molar-refractivity contribution is 0.150. The first kappa shape index (κ1) is 14.6. The van der Waals surface area contributed by atoms with E-state index in [2.05, 4.69) is 4.99 Å². The molecular weight excluding hydrogens is 271 g/mol. The molecule has 2 rings (SSSR count). The van der Waals surface area contributed by atoms with E-state index in [4.69, 9.17) is 4.74 Å². The number of hydrogen-bond acceptors (Lipinski definition) is 3. The van der Waals surface area contributed by atoms with Gasteiger partial charge in [0.1, 0.15) is 5.54 Å². The number of carbonyl (C=O) groups excluding carboxylic acids is 1. The van der Waals surface area contributed by atoms with Gasteiger partial charge in [-0.05, 0) is 25.0 Å². The highest BCUT2D eigenvalue weighted by atomic mass is 19.3. The van der Waals surface area contributed by atoms with Crippen molar-refractivity contribution in [1.29, 1.82) is 0 Å². The number of alkyl halides is 2. The van der Waals surface area contributed by atoms with Gasteiger partial charge in [-0.3, -0.25) is 0 Å². The molecule has 0 saturated heterocycles. The van der Waals surface area contributed by atoms with Crippen LogP contribution >= 0.6 is 0 Å². The van der Waals surface area contributed by atoms with Crippen LogP contribution in [0.3, 0.4) is 0 Å². The molecule has 1 fully saturated rings. The molecule has 0 aliphatic heterocycles. The van der Waals surface area contributed by atoms with Gasteiger partial charge < -0.3 is 4.74 Å². The number of aliphatic imine (C=N–C) groups is 1. The number of nitrogens with zero attached hydrogens (tertiary/aromatic N) is 1. The Morgan fingerprint density at radius 3 is 2.50 bits per heavy atom. The van der Waals surface area contributed by atoms with Crippen molar-refractivity contribution in [3.63, 3.8) is 0 Å². The minimum Gasteiger partial charge on any atom is -0.493 e. The highest BCUT2D eigenvalue weighted by Crippen LogP contribution is 2.47. The highest BCUT2D eigenvalue weighted by molar-refractivity contribution is 5.47. The van der Waals surface area contributed by atoms with Crippen LogP contribution in [0.1, 0.15) is 43.2 Å². The topological polar surface area (TPSA) is 38.7 Å². The van der Waals surface area contributed by atoms with Gasteiger partial charge in [0.15, 0.2) is 11.6 Å². The smallest absolute Gasteiger partial charge is 0.263 e. The Morgan fingerprint density at radius 2 is 2.00 bits per heavy atom. The number of ether oxygens (including phenoxy) is 1. The summed E-state index contributed by atoms with van der Waals surface area (Å²) in [6.07, 6.45) is 1.23. The summed E-state index contributed by atoms with van der Waals surface area (Å²) < 4.78 is 44.6. The van der Waals surface area contributed by atoms with Crippen LogP contribution in [0.5, 0.6) is 5.75 Å². The molecule has 3 nitrogen and oxygen atoms in total. The van der Waals surface area contributed by atoms with Crippen molar-refractivity contribution in [3.05, 3.63) is 29.1 Å². The lowest BCUT2D eigenvalue weighted by Gasteiger charge is -2.26. The van der Waals surface area contributed by atoms with Crippen LogP contribution in [0.15, 0.2) is 17.1 Å². The van der Waals surface area contributed by atoms with E-state index in [9.17, 15) is 18.0 Å². The van der Waals surface area contributed by atoms with Gasteiger partial charge in [-0.15, -0.1) is 0 Å². The summed E-state index contributed by atoms with van der Waals surface area (Å²) in [6, 6.07) is 1.93. The van der Waals surface area contributed by atoms with Crippen LogP contribution in [0, 0.1) is 5.82 Å². The fourth-order valence-corrected chi connectivity index (χ4v) is 2.78. The molecule has 0 atom stereocenters. The van der Waals surface area contributed by atoms with E-state index in [0.717, 1.165) is 18.9 Å². The molecule has 1 aliphatic carbocycles. The number of hydrogen-bond donors (Lipinski definition) is 0. The Balaban J connectivity index is 2.66. The molecule has 0 heterocycles. The summed E-state index contributed by atoms with van der Waals surface area (Å²) in [6.45, 7) is 0. The minimum atomic E-state index is -2.80. The van der Waals surface area contributed by atoms with Crippen LogP contribution in [0.25, 0.3) is 0 Å². The standard InChI is InChI=1S/C14H14F3NO2/c1-20-12-10(6-9(13(16)17)7-11(12)15)14(18-8-19)4-2-3-5-14/h6-7,13H,2-5H2,1H3. The third-order valence-corrected chi connectivity index (χ3v) is 3.71. The molecule has 1 saturated carbocycles. The van der Waals surface area contributed by atoms with Gasteiger partial charge >= 0.3 is 0 Å². The molecular formula is C14H14F3NO2. The fourth-order valence-electron chi connectivity index (χ4n) is 2.78. The van der Waals surface area contributed by atoms with Crippen LogP contribution in [-0.2, 0) is 10.3 Å². The molecule has 1 aromatic rings. The average Bonchev–Trinajstić information content (AvgIpc) is 2.87. The van der Waals surface area contributed by atoms with Crippen molar-refractivity contribution in [1.82, 2.24) is 0 Å². The summed E-state index contributed by atoms with van der Waals surface area (Å²) in [4.78, 5) is 14.4. The van der Waals surface area contributed by atoms with Gasteiger partial charge in [-0.2, -0.15) is 4.99 Å². The second kappa shape index (κ2) is 5.67. The molecule has 6 heteroatoms. The van der Waals surface area contributed by atoms with E-state index in [1.165, 1.54) is 19.3 Å². The van der Waals surface area contributed by atoms with E-state index in [-0.39, 0.29) is 11.3 Å². The third-order valence-electron chi connectivity index (χ3n) is 3.71. The summed E-state index contributed by atoms with van der Waals surface area (Å²) in [5, 5.41) is 0. The van der Waals surface area contributed by atoms with E-state index in [1.54, 1.807) is 0 Å². The number of methoxy groups -OCH3 is 1. The minimum absolute atomic E-state index is 0.129. The first-order valence-electron chi connectivity index (χ1n) is 6.29. The van der Waals surface area contributed by atoms with Gasteiger partial charge in [0.25, 0.3) is 6.43 Å². The van der Waals surface area contributed by atoms with Gasteiger partial charge in [0.05, 0.1) is 7.11 Å². The van der Waals surface area contributed by atoms with Gasteiger partial charge in [-0.25, -0.2) is 18.0 Å². The summed E-state index contributed by atoms with van der Waals surface area (Å²) in [7, 11) is 1.26. The van der Waals surface area contributed by atoms with Crippen molar-refractivity contribution in [2.24, 2.45) is 4.99 Å². The Labute approximate surface area is 114 Å². The second-order valence-electron chi connectivity index (χ2n) is 4.83. The monoisotopic (exact) mass is 285 g/mol. The molecule has 108 valence electrons. The first-order valence-corrected chi connectivity index (χ1v) is 6.29. The molecule has 0 N–H and O–H groups in total. The fraction of sp³-hybridized carbons (Fsp3) is 0.500. The normalized spacial score (nSPS) is 17.1. The maximum absolute atomic E-state index is 13.9. The zero-order chi connectivity index (χ0) is 14.8. The molecule has 0 aromatic heterocycles. The first-order chi connectivity index (χ1) is 9.54. The number of isocyanates is 1. The number of benzene rings is 1. The summed E-state index contributed by atoms with van der Waals surface area (Å²) in [5.41, 5.74) is -1.24. The van der Waals surface area contributed by atoms with E-state index < -0.39 is 23.3 Å². The lowest BCUT2D eigenvalue weighted by atomic mass is 9.87. The van der Waals surface area contributed by atoms with Crippen LogP contribution < -0.4 is 4.74 Å². The van der Waals surface area contributed by atoms with Crippen molar-refractivity contribution in [2.75, 3.05) is 7.11 Å². The number of rotatable bonds is 4. The molecule has 0 unspecified atom stereocenters. The van der Waals surface area contributed by atoms with Gasteiger partial charge in [0.2, 0.25) is 6.08 Å². The highest BCUT2D eigenvalue weighted by Gasteiger charge is 2.39. The zero-order valence-corrected chi connectivity index (χ0v) is 11.0. The molecule has 20 heavy (non-hydrogen) atoms. The molecule has 0 radical (unpaired) electrons.